The van der Waals surface area contributed by atoms with E-state index in [4.69, 9.17) is 4.52 Å². The first kappa shape index (κ1) is 22.9. The number of carbonyl (C=O) groups is 2. The molecule has 156 valence electrons. The van der Waals surface area contributed by atoms with Gasteiger partial charge in [-0.3, -0.25) is 14.2 Å². The standard InChI is InChI=1S/C23H35O4P/c1-6-7-8-11-17(3)22(24)27-28(26,20-12-9-10-13-20)23(25)21-18(4)14-16(2)15-19(21)5/h14-15,17,20H,6-13H2,1-5H3. The first-order valence-corrected chi connectivity index (χ1v) is 12.4. The van der Waals surface area contributed by atoms with Crippen molar-refractivity contribution >= 4 is 18.9 Å². The Hall–Kier alpha value is -1.41. The highest BCUT2D eigenvalue weighted by Crippen LogP contribution is 2.60. The van der Waals surface area contributed by atoms with Crippen LogP contribution in [0.2, 0.25) is 0 Å². The Morgan fingerprint density at radius 3 is 2.21 bits per heavy atom. The average Bonchev–Trinajstić information content (AvgIpc) is 3.16. The third-order valence-corrected chi connectivity index (χ3v) is 8.57. The lowest BCUT2D eigenvalue weighted by molar-refractivity contribution is -0.138. The molecule has 0 aromatic heterocycles. The second-order valence-electron chi connectivity index (χ2n) is 8.42. The summed E-state index contributed by atoms with van der Waals surface area (Å²) < 4.78 is 19.6. The van der Waals surface area contributed by atoms with Gasteiger partial charge in [-0.15, -0.1) is 0 Å². The molecule has 0 saturated heterocycles. The van der Waals surface area contributed by atoms with Crippen molar-refractivity contribution in [1.82, 2.24) is 0 Å². The van der Waals surface area contributed by atoms with Gasteiger partial charge in [0.15, 0.2) is 0 Å². The second kappa shape index (κ2) is 9.87. The number of unbranched alkanes of at least 4 members (excludes halogenated alkanes) is 2. The SMILES string of the molecule is CCCCCC(C)C(=O)OP(=O)(C(=O)c1c(C)cc(C)cc1C)C1CCCC1. The third-order valence-electron chi connectivity index (χ3n) is 5.85. The number of aryl methyl sites for hydroxylation is 3. The van der Waals surface area contributed by atoms with Crippen molar-refractivity contribution in [3.05, 3.63) is 34.4 Å². The highest BCUT2D eigenvalue weighted by atomic mass is 31.2. The lowest BCUT2D eigenvalue weighted by Crippen LogP contribution is -2.22. The zero-order valence-corrected chi connectivity index (χ0v) is 18.9. The molecule has 0 spiro atoms. The van der Waals surface area contributed by atoms with Crippen molar-refractivity contribution in [2.24, 2.45) is 5.92 Å². The van der Waals surface area contributed by atoms with E-state index >= 15 is 0 Å². The fourth-order valence-corrected chi connectivity index (χ4v) is 6.96. The summed E-state index contributed by atoms with van der Waals surface area (Å²) in [7, 11) is -3.79. The fraction of sp³-hybridized carbons (Fsp3) is 0.652. The van der Waals surface area contributed by atoms with Crippen LogP contribution in [0.15, 0.2) is 12.1 Å². The zero-order valence-electron chi connectivity index (χ0n) is 18.0. The van der Waals surface area contributed by atoms with Crippen molar-refractivity contribution in [1.29, 1.82) is 0 Å². The maximum absolute atomic E-state index is 14.0. The summed E-state index contributed by atoms with van der Waals surface area (Å²) in [6.45, 7) is 9.62. The van der Waals surface area contributed by atoms with Crippen molar-refractivity contribution in [2.75, 3.05) is 0 Å². The van der Waals surface area contributed by atoms with Gasteiger partial charge in [0.1, 0.15) is 0 Å². The molecule has 0 N–H and O–H groups in total. The van der Waals surface area contributed by atoms with Crippen LogP contribution in [0.3, 0.4) is 0 Å². The number of benzene rings is 1. The molecule has 1 aromatic carbocycles. The maximum Gasteiger partial charge on any atom is 0.321 e. The molecule has 2 unspecified atom stereocenters. The van der Waals surface area contributed by atoms with Crippen LogP contribution in [-0.2, 0) is 13.9 Å². The van der Waals surface area contributed by atoms with Crippen LogP contribution < -0.4 is 0 Å². The molecule has 0 bridgehead atoms. The summed E-state index contributed by atoms with van der Waals surface area (Å²) in [5.41, 5.74) is 2.31. The summed E-state index contributed by atoms with van der Waals surface area (Å²) in [6.07, 6.45) is 6.99. The first-order valence-electron chi connectivity index (χ1n) is 10.7. The van der Waals surface area contributed by atoms with Gasteiger partial charge in [0.2, 0.25) is 0 Å². The maximum atomic E-state index is 14.0. The summed E-state index contributed by atoms with van der Waals surface area (Å²) in [5.74, 6) is -0.823. The van der Waals surface area contributed by atoms with Gasteiger partial charge in [-0.05, 0) is 51.2 Å². The third kappa shape index (κ3) is 5.14. The molecule has 1 aliphatic carbocycles. The fourth-order valence-electron chi connectivity index (χ4n) is 4.24. The lowest BCUT2D eigenvalue weighted by Gasteiger charge is -2.25. The Kier molecular flexibility index (Phi) is 8.07. The molecule has 2 rings (SSSR count). The zero-order chi connectivity index (χ0) is 20.9. The van der Waals surface area contributed by atoms with Gasteiger partial charge in [-0.25, -0.2) is 0 Å². The van der Waals surface area contributed by atoms with Gasteiger partial charge in [0.25, 0.3) is 5.52 Å². The van der Waals surface area contributed by atoms with Crippen LogP contribution in [0.5, 0.6) is 0 Å². The summed E-state index contributed by atoms with van der Waals surface area (Å²) in [6, 6.07) is 3.85. The summed E-state index contributed by atoms with van der Waals surface area (Å²) in [4.78, 5) is 26.2. The topological polar surface area (TPSA) is 60.4 Å². The first-order chi connectivity index (χ1) is 13.2. The molecule has 1 saturated carbocycles. The lowest BCUT2D eigenvalue weighted by atomic mass is 10.0. The van der Waals surface area contributed by atoms with Gasteiger partial charge in [-0.2, -0.15) is 0 Å². The van der Waals surface area contributed by atoms with Crippen molar-refractivity contribution < 1.29 is 18.7 Å². The Balaban J connectivity index is 2.32. The van der Waals surface area contributed by atoms with Crippen LogP contribution in [0.4, 0.5) is 0 Å². The molecular weight excluding hydrogens is 371 g/mol. The Labute approximate surface area is 169 Å². The monoisotopic (exact) mass is 406 g/mol. The van der Waals surface area contributed by atoms with Gasteiger partial charge in [0, 0.05) is 5.56 Å². The van der Waals surface area contributed by atoms with Crippen LogP contribution in [0, 0.1) is 26.7 Å². The number of rotatable bonds is 9. The van der Waals surface area contributed by atoms with Crippen LogP contribution in [0.1, 0.15) is 92.3 Å². The van der Waals surface area contributed by atoms with Crippen LogP contribution in [-0.4, -0.2) is 17.2 Å². The van der Waals surface area contributed by atoms with E-state index in [9.17, 15) is 14.2 Å². The van der Waals surface area contributed by atoms with E-state index in [-0.39, 0.29) is 11.6 Å². The number of carbonyl (C=O) groups excluding carboxylic acids is 2. The molecule has 4 nitrogen and oxygen atoms in total. The Bertz CT molecular complexity index is 739. The van der Waals surface area contributed by atoms with Gasteiger partial charge >= 0.3 is 13.3 Å². The second-order valence-corrected chi connectivity index (χ2v) is 10.9. The minimum atomic E-state index is -3.79. The van der Waals surface area contributed by atoms with Crippen molar-refractivity contribution in [3.63, 3.8) is 0 Å². The number of hydrogen-bond acceptors (Lipinski definition) is 4. The Morgan fingerprint density at radius 2 is 1.68 bits per heavy atom. The van der Waals surface area contributed by atoms with E-state index in [1.165, 1.54) is 0 Å². The molecule has 0 heterocycles. The minimum absolute atomic E-state index is 0.339. The van der Waals surface area contributed by atoms with Gasteiger partial charge in [-0.1, -0.05) is 63.6 Å². The largest absolute Gasteiger partial charge is 0.405 e. The molecule has 0 amide bonds. The van der Waals surface area contributed by atoms with Crippen LogP contribution >= 0.6 is 7.37 Å². The predicted molar refractivity (Wildman–Crippen MR) is 114 cm³/mol. The molecule has 1 aliphatic rings. The molecule has 0 aliphatic heterocycles. The van der Waals surface area contributed by atoms with Gasteiger partial charge < -0.3 is 4.52 Å². The molecule has 28 heavy (non-hydrogen) atoms. The highest BCUT2D eigenvalue weighted by Gasteiger charge is 2.47. The van der Waals surface area contributed by atoms with Crippen molar-refractivity contribution in [3.8, 4) is 0 Å². The van der Waals surface area contributed by atoms with E-state index in [0.29, 0.717) is 24.8 Å². The molecule has 5 heteroatoms. The van der Waals surface area contributed by atoms with Crippen molar-refractivity contribution in [2.45, 2.75) is 91.6 Å². The molecule has 2 atom stereocenters. The van der Waals surface area contributed by atoms with E-state index in [2.05, 4.69) is 6.92 Å². The Morgan fingerprint density at radius 1 is 1.11 bits per heavy atom. The smallest absolute Gasteiger partial charge is 0.321 e. The quantitative estimate of drug-likeness (QED) is 0.337. The molecule has 1 fully saturated rings. The van der Waals surface area contributed by atoms with Gasteiger partial charge in [0.05, 0.1) is 11.6 Å². The average molecular weight is 407 g/mol. The number of hydrogen-bond donors (Lipinski definition) is 0. The van der Waals surface area contributed by atoms with Crippen LogP contribution in [0.25, 0.3) is 0 Å². The highest BCUT2D eigenvalue weighted by molar-refractivity contribution is 7.78. The summed E-state index contributed by atoms with van der Waals surface area (Å²) in [5, 5.41) is 0. The van der Waals surface area contributed by atoms with E-state index in [1.807, 2.05) is 39.8 Å². The molecular formula is C23H35O4P. The molecule has 0 radical (unpaired) electrons. The van der Waals surface area contributed by atoms with E-state index < -0.39 is 18.9 Å². The predicted octanol–water partition coefficient (Wildman–Crippen LogP) is 6.73. The molecule has 1 aromatic rings. The minimum Gasteiger partial charge on any atom is -0.405 e. The van der Waals surface area contributed by atoms with E-state index in [0.717, 1.165) is 48.8 Å². The van der Waals surface area contributed by atoms with E-state index in [1.54, 1.807) is 0 Å². The summed E-state index contributed by atoms with van der Waals surface area (Å²) >= 11 is 0. The normalized spacial score (nSPS) is 17.9.